The Morgan fingerprint density at radius 1 is 0.791 bits per heavy atom. The van der Waals surface area contributed by atoms with Gasteiger partial charge in [-0.15, -0.1) is 0 Å². The minimum Gasteiger partial charge on any atom is -0.362 e. The molecule has 1 saturated carbocycles. The number of aromatic nitrogens is 2. The van der Waals surface area contributed by atoms with Gasteiger partial charge in [0.25, 0.3) is 0 Å². The molecule has 8 nitrogen and oxygen atoms in total. The van der Waals surface area contributed by atoms with E-state index in [9.17, 15) is 15.3 Å². The zero-order valence-electron chi connectivity index (χ0n) is 23.9. The van der Waals surface area contributed by atoms with E-state index in [0.717, 1.165) is 42.5 Å². The molecule has 0 aromatic carbocycles. The van der Waals surface area contributed by atoms with Crippen molar-refractivity contribution in [3.63, 3.8) is 0 Å². The zero-order valence-corrected chi connectivity index (χ0v) is 23.9. The molecule has 212 valence electrons. The summed E-state index contributed by atoms with van der Waals surface area (Å²) >= 11 is 0. The number of pyridine rings is 2. The number of allylic oxidation sites excluding steroid dienone is 4. The molecular formula is C35H31N7O. The summed E-state index contributed by atoms with van der Waals surface area (Å²) in [5.74, 6) is 1.23. The number of carbonyl (C=O) groups excluding carboxylic acids is 1. The van der Waals surface area contributed by atoms with Crippen molar-refractivity contribution < 1.29 is 4.79 Å². The molecular weight excluding hydrogens is 534 g/mol. The topological polar surface area (TPSA) is 102 Å². The lowest BCUT2D eigenvalue weighted by molar-refractivity contribution is -0.115. The Bertz CT molecular complexity index is 1680. The third-order valence-corrected chi connectivity index (χ3v) is 9.62. The van der Waals surface area contributed by atoms with Crippen molar-refractivity contribution >= 4 is 17.2 Å². The van der Waals surface area contributed by atoms with Crippen molar-refractivity contribution in [1.29, 1.82) is 10.5 Å². The maximum atomic E-state index is 11.8. The number of nitrogens with zero attached hydrogens (tertiary/aromatic N) is 7. The Balaban J connectivity index is 0.000000162. The molecule has 2 aromatic rings. The molecule has 2 fully saturated rings. The highest BCUT2D eigenvalue weighted by molar-refractivity contribution is 5.91. The number of nitriles is 2. The first-order valence-electron chi connectivity index (χ1n) is 14.8. The molecule has 0 amide bonds. The van der Waals surface area contributed by atoms with Crippen LogP contribution >= 0.6 is 0 Å². The van der Waals surface area contributed by atoms with Crippen LogP contribution in [0.4, 0.5) is 11.4 Å². The highest BCUT2D eigenvalue weighted by Crippen LogP contribution is 2.49. The summed E-state index contributed by atoms with van der Waals surface area (Å²) in [5.41, 5.74) is 2.75. The Hall–Kier alpha value is -5.05. The molecule has 8 heteroatoms. The van der Waals surface area contributed by atoms with Crippen LogP contribution in [0.15, 0.2) is 73.0 Å². The number of fused-ring (bicyclic) bond motifs is 4. The van der Waals surface area contributed by atoms with Gasteiger partial charge in [-0.05, 0) is 80.0 Å². The van der Waals surface area contributed by atoms with E-state index in [0.29, 0.717) is 42.5 Å². The van der Waals surface area contributed by atoms with Crippen molar-refractivity contribution in [3.8, 4) is 12.1 Å². The quantitative estimate of drug-likeness (QED) is 0.299. The van der Waals surface area contributed by atoms with Gasteiger partial charge in [-0.1, -0.05) is 24.3 Å². The fourth-order valence-electron chi connectivity index (χ4n) is 7.65. The summed E-state index contributed by atoms with van der Waals surface area (Å²) in [6.07, 6.45) is 23.8. The van der Waals surface area contributed by atoms with Crippen LogP contribution in [0.1, 0.15) is 62.5 Å². The highest BCUT2D eigenvalue weighted by Gasteiger charge is 2.48. The number of hydrogen-bond donors (Lipinski definition) is 0. The summed E-state index contributed by atoms with van der Waals surface area (Å²) in [7, 11) is 0. The Morgan fingerprint density at radius 3 is 1.81 bits per heavy atom. The summed E-state index contributed by atoms with van der Waals surface area (Å²) in [6.45, 7) is 14.2. The fourth-order valence-corrected chi connectivity index (χ4v) is 7.65. The standard InChI is InChI=1S/C20H18N4O.C15H13N3/c1-22-15-7-14(11-23-12-15)20(13-21)9-17-5-6-18(10-20)24(17)16-3-2-4-19(25)8-16;1-17-14-5-13(8-18-9-14)15(10-16)6-11-2-3-12(4-11)7-15/h5-8,11-12,17-18H,2-4,9-10H2;2-3,5,8-9,11-12H,4,6-7H2/t17-,18+,20?;11-,12+,15?. The minimum absolute atomic E-state index is 0.118. The van der Waals surface area contributed by atoms with Crippen molar-refractivity contribution in [2.45, 2.75) is 74.3 Å². The number of hydrogen-bond acceptors (Lipinski definition) is 6. The van der Waals surface area contributed by atoms with E-state index in [1.165, 1.54) is 12.6 Å². The molecule has 2 unspecified atom stereocenters. The van der Waals surface area contributed by atoms with Crippen molar-refractivity contribution in [2.75, 3.05) is 0 Å². The number of ketones is 1. The molecule has 6 atom stereocenters. The molecule has 2 aliphatic heterocycles. The molecule has 0 radical (unpaired) electrons. The molecule has 3 aliphatic carbocycles. The first kappa shape index (κ1) is 28.1. The summed E-state index contributed by atoms with van der Waals surface area (Å²) in [5, 5.41) is 19.6. The van der Waals surface area contributed by atoms with Crippen molar-refractivity contribution in [2.24, 2.45) is 11.8 Å². The van der Waals surface area contributed by atoms with Crippen LogP contribution in [0.5, 0.6) is 0 Å². The fraction of sp³-hybridized carbons (Fsp3) is 0.400. The molecule has 7 rings (SSSR count). The lowest BCUT2D eigenvalue weighted by Crippen LogP contribution is -2.49. The van der Waals surface area contributed by atoms with Gasteiger partial charge in [0.1, 0.15) is 0 Å². The molecule has 4 bridgehead atoms. The van der Waals surface area contributed by atoms with E-state index >= 15 is 0 Å². The van der Waals surface area contributed by atoms with E-state index in [1.807, 2.05) is 6.07 Å². The molecule has 5 aliphatic rings. The van der Waals surface area contributed by atoms with E-state index in [1.54, 1.807) is 30.7 Å². The third kappa shape index (κ3) is 5.22. The van der Waals surface area contributed by atoms with Crippen molar-refractivity contribution in [1.82, 2.24) is 14.9 Å². The van der Waals surface area contributed by atoms with Gasteiger partial charge in [0.15, 0.2) is 5.78 Å². The molecule has 4 heterocycles. The van der Waals surface area contributed by atoms with E-state index in [2.05, 4.69) is 61.0 Å². The first-order valence-corrected chi connectivity index (χ1v) is 14.8. The van der Waals surface area contributed by atoms with E-state index in [4.69, 9.17) is 13.1 Å². The predicted molar refractivity (Wildman–Crippen MR) is 160 cm³/mol. The van der Waals surface area contributed by atoms with Gasteiger partial charge in [0, 0.05) is 55.1 Å². The SMILES string of the molecule is [C-]#[N+]c1cncc(C2(C#N)C[C@@H]3C=C[C@@H](C3)C2)c1.[C-]#[N+]c1cncc(C2(C#N)C[C@H]3C=C[C@@H](C2)N3C2=CC(=O)CCC2)c1. The monoisotopic (exact) mass is 565 g/mol. The predicted octanol–water partition coefficient (Wildman–Crippen LogP) is 6.81. The lowest BCUT2D eigenvalue weighted by atomic mass is 9.66. The normalized spacial score (nSPS) is 31.5. The lowest BCUT2D eigenvalue weighted by Gasteiger charge is -2.46. The average molecular weight is 566 g/mol. The summed E-state index contributed by atoms with van der Waals surface area (Å²) in [4.78, 5) is 29.3. The molecule has 0 spiro atoms. The molecule has 1 saturated heterocycles. The van der Waals surface area contributed by atoms with Gasteiger partial charge in [-0.3, -0.25) is 14.8 Å². The van der Waals surface area contributed by atoms with Crippen LogP contribution in [-0.2, 0) is 15.6 Å². The van der Waals surface area contributed by atoms with Crippen LogP contribution in [0, 0.1) is 47.6 Å². The van der Waals surface area contributed by atoms with Gasteiger partial charge in [0.05, 0.1) is 36.1 Å². The van der Waals surface area contributed by atoms with Gasteiger partial charge in [0.2, 0.25) is 11.4 Å². The van der Waals surface area contributed by atoms with E-state index in [-0.39, 0.29) is 17.9 Å². The largest absolute Gasteiger partial charge is 0.362 e. The van der Waals surface area contributed by atoms with Gasteiger partial charge >= 0.3 is 0 Å². The molecule has 2 aromatic heterocycles. The first-order chi connectivity index (χ1) is 20.9. The zero-order chi connectivity index (χ0) is 30.0. The Kier molecular flexibility index (Phi) is 7.39. The molecule has 0 N–H and O–H groups in total. The van der Waals surface area contributed by atoms with Crippen molar-refractivity contribution in [3.05, 3.63) is 107 Å². The molecule has 43 heavy (non-hydrogen) atoms. The van der Waals surface area contributed by atoms with Crippen LogP contribution in [0.25, 0.3) is 9.69 Å². The highest BCUT2D eigenvalue weighted by atomic mass is 16.1. The van der Waals surface area contributed by atoms with Crippen LogP contribution in [0.2, 0.25) is 0 Å². The Labute approximate surface area is 252 Å². The summed E-state index contributed by atoms with van der Waals surface area (Å²) < 4.78 is 0. The number of rotatable bonds is 3. The van der Waals surface area contributed by atoms with Gasteiger partial charge in [-0.2, -0.15) is 10.5 Å². The van der Waals surface area contributed by atoms with Crippen LogP contribution < -0.4 is 0 Å². The second-order valence-corrected chi connectivity index (χ2v) is 12.3. The van der Waals surface area contributed by atoms with E-state index < -0.39 is 10.8 Å². The smallest absolute Gasteiger partial charge is 0.205 e. The third-order valence-electron chi connectivity index (χ3n) is 9.62. The maximum Gasteiger partial charge on any atom is 0.205 e. The van der Waals surface area contributed by atoms with Crippen LogP contribution in [0.3, 0.4) is 0 Å². The van der Waals surface area contributed by atoms with Gasteiger partial charge in [-0.25, -0.2) is 9.69 Å². The minimum atomic E-state index is -0.637. The second kappa shape index (κ2) is 11.3. The Morgan fingerprint density at radius 2 is 1.33 bits per heavy atom. The second-order valence-electron chi connectivity index (χ2n) is 12.3. The summed E-state index contributed by atoms with van der Waals surface area (Å²) in [6, 6.07) is 8.88. The van der Waals surface area contributed by atoms with Crippen LogP contribution in [-0.4, -0.2) is 32.7 Å². The maximum absolute atomic E-state index is 11.8. The van der Waals surface area contributed by atoms with Gasteiger partial charge < -0.3 is 4.90 Å². The average Bonchev–Trinajstić information content (AvgIpc) is 3.54. The number of carbonyl (C=O) groups is 1. The number of piperidine rings is 1.